The normalized spacial score (nSPS) is 12.1. The van der Waals surface area contributed by atoms with Gasteiger partial charge in [0.1, 0.15) is 0 Å². The smallest absolute Gasteiger partial charge is 0.338 e. The first-order valence-corrected chi connectivity index (χ1v) is 6.04. The fraction of sp³-hybridized carbons (Fsp3) is 0.364. The molecule has 0 aliphatic rings. The van der Waals surface area contributed by atoms with Gasteiger partial charge in [0.25, 0.3) is 0 Å². The molecular formula is C11H13IO2. The van der Waals surface area contributed by atoms with Crippen LogP contribution in [0.15, 0.2) is 30.3 Å². The molecule has 0 amide bonds. The molecule has 2 nitrogen and oxygen atoms in total. The van der Waals surface area contributed by atoms with Gasteiger partial charge in [-0.05, 0) is 18.1 Å². The Balaban J connectivity index is 2.44. The molecule has 0 saturated carbocycles. The fourth-order valence-corrected chi connectivity index (χ4v) is 1.17. The molecule has 0 saturated heterocycles. The van der Waals surface area contributed by atoms with Gasteiger partial charge in [0.2, 0.25) is 0 Å². The van der Waals surface area contributed by atoms with Crippen LogP contribution < -0.4 is 0 Å². The molecule has 0 spiro atoms. The van der Waals surface area contributed by atoms with Crippen molar-refractivity contribution < 1.29 is 9.53 Å². The summed E-state index contributed by atoms with van der Waals surface area (Å²) in [7, 11) is 0. The summed E-state index contributed by atoms with van der Waals surface area (Å²) in [4.78, 5) is 11.4. The SMILES string of the molecule is CC(CI)COC(=O)c1ccccc1. The van der Waals surface area contributed by atoms with Crippen LogP contribution in [-0.2, 0) is 4.74 Å². The van der Waals surface area contributed by atoms with Gasteiger partial charge in [-0.2, -0.15) is 0 Å². The zero-order valence-corrected chi connectivity index (χ0v) is 10.2. The van der Waals surface area contributed by atoms with Crippen LogP contribution in [0.4, 0.5) is 0 Å². The van der Waals surface area contributed by atoms with E-state index >= 15 is 0 Å². The lowest BCUT2D eigenvalue weighted by Gasteiger charge is -2.08. The zero-order chi connectivity index (χ0) is 10.4. The van der Waals surface area contributed by atoms with E-state index in [1.54, 1.807) is 12.1 Å². The second kappa shape index (κ2) is 6.01. The minimum atomic E-state index is -0.234. The number of carbonyl (C=O) groups excluding carboxylic acids is 1. The summed E-state index contributed by atoms with van der Waals surface area (Å²) in [6, 6.07) is 9.06. The maximum Gasteiger partial charge on any atom is 0.338 e. The third-order valence-corrected chi connectivity index (χ3v) is 3.28. The molecule has 0 N–H and O–H groups in total. The first kappa shape index (κ1) is 11.5. The summed E-state index contributed by atoms with van der Waals surface area (Å²) in [6.45, 7) is 2.56. The minimum absolute atomic E-state index is 0.234. The van der Waals surface area contributed by atoms with Crippen molar-refractivity contribution in [3.63, 3.8) is 0 Å². The van der Waals surface area contributed by atoms with E-state index in [1.165, 1.54) is 0 Å². The minimum Gasteiger partial charge on any atom is -0.462 e. The average Bonchev–Trinajstić information content (AvgIpc) is 2.26. The number of hydrogen-bond donors (Lipinski definition) is 0. The first-order valence-electron chi connectivity index (χ1n) is 4.52. The average molecular weight is 304 g/mol. The van der Waals surface area contributed by atoms with E-state index in [-0.39, 0.29) is 5.97 Å². The van der Waals surface area contributed by atoms with Crippen molar-refractivity contribution in [3.8, 4) is 0 Å². The zero-order valence-electron chi connectivity index (χ0n) is 8.07. The van der Waals surface area contributed by atoms with Crippen molar-refractivity contribution in [2.75, 3.05) is 11.0 Å². The predicted octanol–water partition coefficient (Wildman–Crippen LogP) is 2.91. The number of esters is 1. The molecule has 0 bridgehead atoms. The van der Waals surface area contributed by atoms with E-state index in [0.717, 1.165) is 4.43 Å². The second-order valence-corrected chi connectivity index (χ2v) is 4.10. The molecule has 0 aliphatic heterocycles. The van der Waals surface area contributed by atoms with Crippen molar-refractivity contribution >= 4 is 28.6 Å². The van der Waals surface area contributed by atoms with Crippen molar-refractivity contribution in [3.05, 3.63) is 35.9 Å². The third-order valence-electron chi connectivity index (χ3n) is 1.77. The molecule has 0 aliphatic carbocycles. The molecule has 76 valence electrons. The number of rotatable bonds is 4. The summed E-state index contributed by atoms with van der Waals surface area (Å²) in [5, 5.41) is 0. The van der Waals surface area contributed by atoms with Crippen LogP contribution >= 0.6 is 22.6 Å². The Hall–Kier alpha value is -0.580. The van der Waals surface area contributed by atoms with Gasteiger partial charge in [0, 0.05) is 4.43 Å². The van der Waals surface area contributed by atoms with Crippen LogP contribution in [0.3, 0.4) is 0 Å². The van der Waals surface area contributed by atoms with Crippen molar-refractivity contribution in [2.24, 2.45) is 5.92 Å². The van der Waals surface area contributed by atoms with E-state index in [9.17, 15) is 4.79 Å². The second-order valence-electron chi connectivity index (χ2n) is 3.22. The number of carbonyl (C=O) groups is 1. The molecular weight excluding hydrogens is 291 g/mol. The first-order chi connectivity index (χ1) is 6.74. The van der Waals surface area contributed by atoms with Crippen LogP contribution in [0.25, 0.3) is 0 Å². The van der Waals surface area contributed by atoms with Crippen LogP contribution in [0, 0.1) is 5.92 Å². The molecule has 1 unspecified atom stereocenters. The fourth-order valence-electron chi connectivity index (χ4n) is 0.920. The number of ether oxygens (including phenoxy) is 1. The summed E-state index contributed by atoms with van der Waals surface area (Å²) in [5.41, 5.74) is 0.619. The summed E-state index contributed by atoms with van der Waals surface area (Å²) >= 11 is 2.28. The molecule has 3 heteroatoms. The van der Waals surface area contributed by atoms with E-state index in [1.807, 2.05) is 18.2 Å². The number of alkyl halides is 1. The summed E-state index contributed by atoms with van der Waals surface area (Å²) < 4.78 is 6.14. The van der Waals surface area contributed by atoms with Gasteiger partial charge < -0.3 is 4.74 Å². The van der Waals surface area contributed by atoms with Gasteiger partial charge in [-0.25, -0.2) is 4.79 Å². The molecule has 1 aromatic rings. The molecule has 1 atom stereocenters. The highest BCUT2D eigenvalue weighted by molar-refractivity contribution is 14.1. The Morgan fingerprint density at radius 1 is 1.43 bits per heavy atom. The Bertz CT molecular complexity index is 285. The van der Waals surface area contributed by atoms with Crippen LogP contribution in [0.2, 0.25) is 0 Å². The quantitative estimate of drug-likeness (QED) is 0.486. The van der Waals surface area contributed by atoms with Gasteiger partial charge in [0.05, 0.1) is 12.2 Å². The van der Waals surface area contributed by atoms with E-state index in [2.05, 4.69) is 29.5 Å². The standard InChI is InChI=1S/C11H13IO2/c1-9(7-12)8-14-11(13)10-5-3-2-4-6-10/h2-6,9H,7-8H2,1H3. The molecule has 0 radical (unpaired) electrons. The highest BCUT2D eigenvalue weighted by Gasteiger charge is 2.07. The molecule has 1 aromatic carbocycles. The van der Waals surface area contributed by atoms with Crippen LogP contribution in [-0.4, -0.2) is 17.0 Å². The molecule has 0 heterocycles. The van der Waals surface area contributed by atoms with Crippen molar-refractivity contribution in [1.82, 2.24) is 0 Å². The van der Waals surface area contributed by atoms with E-state index in [0.29, 0.717) is 18.1 Å². The van der Waals surface area contributed by atoms with Crippen LogP contribution in [0.1, 0.15) is 17.3 Å². The highest BCUT2D eigenvalue weighted by atomic mass is 127. The van der Waals surface area contributed by atoms with Gasteiger partial charge in [-0.1, -0.05) is 47.7 Å². The Morgan fingerprint density at radius 3 is 2.64 bits per heavy atom. The Kier molecular flexibility index (Phi) is 4.93. The lowest BCUT2D eigenvalue weighted by Crippen LogP contribution is -2.12. The van der Waals surface area contributed by atoms with Gasteiger partial charge >= 0.3 is 5.97 Å². The monoisotopic (exact) mass is 304 g/mol. The maximum atomic E-state index is 11.4. The van der Waals surface area contributed by atoms with E-state index < -0.39 is 0 Å². The number of halogens is 1. The number of hydrogen-bond acceptors (Lipinski definition) is 2. The topological polar surface area (TPSA) is 26.3 Å². The highest BCUT2D eigenvalue weighted by Crippen LogP contribution is 2.05. The Morgan fingerprint density at radius 2 is 2.07 bits per heavy atom. The lowest BCUT2D eigenvalue weighted by atomic mass is 10.2. The molecule has 0 aromatic heterocycles. The molecule has 1 rings (SSSR count). The Labute approximate surface area is 97.8 Å². The molecule has 0 fully saturated rings. The van der Waals surface area contributed by atoms with Gasteiger partial charge in [-0.3, -0.25) is 0 Å². The van der Waals surface area contributed by atoms with Crippen molar-refractivity contribution in [1.29, 1.82) is 0 Å². The lowest BCUT2D eigenvalue weighted by molar-refractivity contribution is 0.0463. The predicted molar refractivity (Wildman–Crippen MR) is 64.8 cm³/mol. The summed E-state index contributed by atoms with van der Waals surface area (Å²) in [5.74, 6) is 0.186. The summed E-state index contributed by atoms with van der Waals surface area (Å²) in [6.07, 6.45) is 0. The largest absolute Gasteiger partial charge is 0.462 e. The van der Waals surface area contributed by atoms with E-state index in [4.69, 9.17) is 4.74 Å². The van der Waals surface area contributed by atoms with Gasteiger partial charge in [-0.15, -0.1) is 0 Å². The molecule has 14 heavy (non-hydrogen) atoms. The number of benzene rings is 1. The maximum absolute atomic E-state index is 11.4. The van der Waals surface area contributed by atoms with Crippen LogP contribution in [0.5, 0.6) is 0 Å². The van der Waals surface area contributed by atoms with Gasteiger partial charge in [0.15, 0.2) is 0 Å². The van der Waals surface area contributed by atoms with Crippen molar-refractivity contribution in [2.45, 2.75) is 6.92 Å². The third kappa shape index (κ3) is 3.65.